The van der Waals surface area contributed by atoms with Crippen LogP contribution >= 0.6 is 17.9 Å². The average Bonchev–Trinajstić information content (AvgIpc) is 1.43. The van der Waals surface area contributed by atoms with Crippen LogP contribution in [0.15, 0.2) is 0 Å². The van der Waals surface area contributed by atoms with Crippen molar-refractivity contribution in [1.82, 2.24) is 0 Å². The van der Waals surface area contributed by atoms with Gasteiger partial charge in [-0.2, -0.15) is 0 Å². The van der Waals surface area contributed by atoms with Crippen LogP contribution in [0.4, 0.5) is 0 Å². The minimum absolute atomic E-state index is 0. The predicted octanol–water partition coefficient (Wildman–Crippen LogP) is 1.05. The third-order valence-corrected chi connectivity index (χ3v) is 1.63. The Morgan fingerprint density at radius 1 is 1.62 bits per heavy atom. The Kier molecular flexibility index (Phi) is 3.57. The van der Waals surface area contributed by atoms with E-state index in [0.29, 0.717) is 0 Å². The molecule has 0 saturated carbocycles. The molecule has 0 N–H and O–H groups in total. The Balaban J connectivity index is 0. The molecule has 0 rings (SSSR count). The summed E-state index contributed by atoms with van der Waals surface area (Å²) in [6, 6.07) is 0. The first-order valence-corrected chi connectivity index (χ1v) is 4.95. The van der Waals surface area contributed by atoms with Crippen molar-refractivity contribution in [1.29, 1.82) is 0 Å². The maximum Gasteiger partial charge on any atom is 0.243 e. The Hall–Kier alpha value is 2.56. The number of rotatable bonds is 2. The van der Waals surface area contributed by atoms with Gasteiger partial charge in [0, 0.05) is 65.5 Å². The molecule has 0 aromatic heterocycles. The van der Waals surface area contributed by atoms with Crippen molar-refractivity contribution in [3.8, 4) is 0 Å². The van der Waals surface area contributed by atoms with Crippen molar-refractivity contribution in [2.75, 3.05) is 14.1 Å². The summed E-state index contributed by atoms with van der Waals surface area (Å²) in [5.41, 5.74) is -3.53. The molecule has 0 saturated heterocycles. The van der Waals surface area contributed by atoms with Crippen molar-refractivity contribution >= 4 is 81.1 Å². The standard InChI is InChI=1S/C2H7O2PS2.K/c1-3-5(6,7)4-2;/h1-2H3,(H,6,7);/i1D3,2D3;. The molecule has 1 radical (unpaired) electrons. The first kappa shape index (κ1) is 4.55. The molecule has 2 nitrogen and oxygen atoms in total. The summed E-state index contributed by atoms with van der Waals surface area (Å²) in [7, 11) is -5.61. The molecule has 0 aromatic rings. The Morgan fingerprint density at radius 3 is 2.25 bits per heavy atom. The molecule has 0 aromatic carbocycles. The van der Waals surface area contributed by atoms with Gasteiger partial charge in [-0.25, -0.2) is 0 Å². The third-order valence-electron chi connectivity index (χ3n) is 0.231. The van der Waals surface area contributed by atoms with E-state index in [1.165, 1.54) is 0 Å². The Labute approximate surface area is 111 Å². The van der Waals surface area contributed by atoms with E-state index in [2.05, 4.69) is 33.1 Å². The quantitative estimate of drug-likeness (QED) is 0.411. The third kappa shape index (κ3) is 6.67. The second-order valence-electron chi connectivity index (χ2n) is 0.651. The van der Waals surface area contributed by atoms with Crippen molar-refractivity contribution in [3.63, 3.8) is 0 Å². The molecule has 0 heterocycles. The minimum atomic E-state index is -3.53. The molecule has 0 aliphatic rings. The molecule has 0 atom stereocenters. The summed E-state index contributed by atoms with van der Waals surface area (Å²) in [6.45, 7) is 0. The van der Waals surface area contributed by atoms with Crippen molar-refractivity contribution < 1.29 is 17.3 Å². The van der Waals surface area contributed by atoms with Crippen LogP contribution in [0.2, 0.25) is 0 Å². The number of hydrogen-bond acceptors (Lipinski definition) is 3. The van der Waals surface area contributed by atoms with Gasteiger partial charge < -0.3 is 9.05 Å². The van der Waals surface area contributed by atoms with Crippen molar-refractivity contribution in [2.45, 2.75) is 0 Å². The number of thiol groups is 1. The van der Waals surface area contributed by atoms with Crippen LogP contribution in [0.1, 0.15) is 8.22 Å². The zero-order valence-corrected chi connectivity index (χ0v) is 9.85. The molecule has 8 heavy (non-hydrogen) atoms. The first-order chi connectivity index (χ1) is 5.41. The van der Waals surface area contributed by atoms with Crippen LogP contribution < -0.4 is 0 Å². The van der Waals surface area contributed by atoms with Gasteiger partial charge in [-0.05, 0) is 11.8 Å². The van der Waals surface area contributed by atoms with Crippen LogP contribution in [0.3, 0.4) is 0 Å². The van der Waals surface area contributed by atoms with Crippen molar-refractivity contribution in [2.24, 2.45) is 0 Å². The first-order valence-electron chi connectivity index (χ1n) is 4.16. The molecule has 0 fully saturated rings. The van der Waals surface area contributed by atoms with E-state index in [0.717, 1.165) is 0 Å². The van der Waals surface area contributed by atoms with Crippen LogP contribution in [0.25, 0.3) is 0 Å². The molecule has 0 amide bonds. The fourth-order valence-electron chi connectivity index (χ4n) is 0.0186. The Bertz CT molecular complexity index is 207. The number of hydrogen-bond donors (Lipinski definition) is 1. The van der Waals surface area contributed by atoms with Gasteiger partial charge in [0.25, 0.3) is 0 Å². The fourth-order valence-corrected chi connectivity index (χ4v) is 0.0559. The normalized spacial score (nSPS) is 24.6. The molecular formula is C2H7KO2PS2. The van der Waals surface area contributed by atoms with Gasteiger partial charge in [0.1, 0.15) is 0 Å². The smallest absolute Gasteiger partial charge is 0.243 e. The molecule has 6 heteroatoms. The van der Waals surface area contributed by atoms with E-state index in [1.807, 2.05) is 0 Å². The van der Waals surface area contributed by atoms with Gasteiger partial charge in [0.05, 0.1) is 8.22 Å². The summed E-state index contributed by atoms with van der Waals surface area (Å²) in [5, 5.41) is 0. The average molecular weight is 203 g/mol. The van der Waals surface area contributed by atoms with Gasteiger partial charge in [0.2, 0.25) is 5.69 Å². The second kappa shape index (κ2) is 6.28. The van der Waals surface area contributed by atoms with Gasteiger partial charge in [-0.1, -0.05) is 12.2 Å². The van der Waals surface area contributed by atoms with Crippen molar-refractivity contribution in [3.05, 3.63) is 0 Å². The molecular weight excluding hydrogens is 190 g/mol. The van der Waals surface area contributed by atoms with Gasteiger partial charge in [-0.3, -0.25) is 0 Å². The summed E-state index contributed by atoms with van der Waals surface area (Å²) in [6.07, 6.45) is 0. The molecule has 0 unspecified atom stereocenters. The van der Waals surface area contributed by atoms with Gasteiger partial charge in [0.15, 0.2) is 0 Å². The maximum atomic E-state index is 6.65. The van der Waals surface area contributed by atoms with E-state index < -0.39 is 19.8 Å². The topological polar surface area (TPSA) is 18.5 Å². The second-order valence-corrected chi connectivity index (χ2v) is 5.79. The largest absolute Gasteiger partial charge is 0.325 e. The van der Waals surface area contributed by atoms with E-state index >= 15 is 0 Å². The molecule has 0 spiro atoms. The zero-order chi connectivity index (χ0) is 10.9. The minimum Gasteiger partial charge on any atom is -0.325 e. The van der Waals surface area contributed by atoms with Crippen LogP contribution in [-0.4, -0.2) is 65.5 Å². The predicted molar refractivity (Wildman–Crippen MR) is 43.0 cm³/mol. The summed E-state index contributed by atoms with van der Waals surface area (Å²) >= 11 is 7.99. The summed E-state index contributed by atoms with van der Waals surface area (Å²) in [4.78, 5) is 0. The van der Waals surface area contributed by atoms with Crippen LogP contribution in [0.5, 0.6) is 0 Å². The van der Waals surface area contributed by atoms with E-state index in [1.54, 1.807) is 0 Å². The van der Waals surface area contributed by atoms with Gasteiger partial charge >= 0.3 is 0 Å². The fraction of sp³-hybridized carbons (Fsp3) is 1.00. The van der Waals surface area contributed by atoms with Gasteiger partial charge in [-0.15, -0.1) is 0 Å². The monoisotopic (exact) mass is 203 g/mol. The molecule has 0 bridgehead atoms. The van der Waals surface area contributed by atoms with E-state index in [4.69, 9.17) is 8.22 Å². The maximum absolute atomic E-state index is 6.65. The SMILES string of the molecule is [2H]C([2H])([2H])OP(=S)(S)OC([2H])([2H])[2H].[K]. The van der Waals surface area contributed by atoms with Crippen LogP contribution in [0, 0.1) is 0 Å². The zero-order valence-electron chi connectivity index (χ0n) is 10.1. The van der Waals surface area contributed by atoms with E-state index in [-0.39, 0.29) is 51.4 Å². The van der Waals surface area contributed by atoms with E-state index in [9.17, 15) is 0 Å². The molecule has 0 aliphatic heterocycles. The molecule has 0 aliphatic carbocycles. The van der Waals surface area contributed by atoms with Crippen LogP contribution in [-0.2, 0) is 20.9 Å². The summed E-state index contributed by atoms with van der Waals surface area (Å²) < 4.78 is 48.3. The molecule has 45 valence electrons. The summed E-state index contributed by atoms with van der Waals surface area (Å²) in [5.74, 6) is 0. The Morgan fingerprint density at radius 2 is 2.00 bits per heavy atom.